The van der Waals surface area contributed by atoms with Gasteiger partial charge in [-0.25, -0.2) is 8.78 Å². The average molecular weight is 191 g/mol. The summed E-state index contributed by atoms with van der Waals surface area (Å²) in [5, 5.41) is 0. The maximum absolute atomic E-state index is 13.1. The molecule has 0 aromatic heterocycles. The Kier molecular flexibility index (Phi) is 3.28. The maximum Gasteiger partial charge on any atom is 0.250 e. The minimum atomic E-state index is -2.42. The smallest absolute Gasteiger partial charge is 0.250 e. The molecule has 1 heterocycles. The highest BCUT2D eigenvalue weighted by Gasteiger charge is 2.39. The third-order valence-corrected chi connectivity index (χ3v) is 2.87. The van der Waals surface area contributed by atoms with Crippen LogP contribution in [0.15, 0.2) is 0 Å². The highest BCUT2D eigenvalue weighted by Crippen LogP contribution is 2.33. The summed E-state index contributed by atoms with van der Waals surface area (Å²) in [6, 6.07) is 0.463. The number of rotatable bonds is 2. The Morgan fingerprint density at radius 2 is 2.08 bits per heavy atom. The molecule has 1 rings (SSSR count). The molecule has 0 bridgehead atoms. The Morgan fingerprint density at radius 3 is 2.54 bits per heavy atom. The van der Waals surface area contributed by atoms with Gasteiger partial charge in [0.1, 0.15) is 0 Å². The quantitative estimate of drug-likeness (QED) is 0.648. The molecule has 0 radical (unpaired) electrons. The van der Waals surface area contributed by atoms with Crippen LogP contribution in [-0.4, -0.2) is 29.5 Å². The van der Waals surface area contributed by atoms with Gasteiger partial charge in [0.05, 0.1) is 0 Å². The molecule has 0 amide bonds. The van der Waals surface area contributed by atoms with E-state index in [-0.39, 0.29) is 18.9 Å². The zero-order chi connectivity index (χ0) is 10.1. The summed E-state index contributed by atoms with van der Waals surface area (Å²) in [5.41, 5.74) is 0. The van der Waals surface area contributed by atoms with Crippen molar-refractivity contribution in [2.75, 3.05) is 6.54 Å². The number of hydrogen-bond acceptors (Lipinski definition) is 1. The third-order valence-electron chi connectivity index (χ3n) is 2.87. The SMILES string of the molecule is CCC1CC(F)(F)CCN1C(C)C. The van der Waals surface area contributed by atoms with E-state index in [1.54, 1.807) is 0 Å². The molecule has 0 aromatic carbocycles. The molecular weight excluding hydrogens is 172 g/mol. The van der Waals surface area contributed by atoms with E-state index in [2.05, 4.69) is 18.7 Å². The molecule has 1 aliphatic heterocycles. The fourth-order valence-corrected chi connectivity index (χ4v) is 2.10. The van der Waals surface area contributed by atoms with E-state index in [9.17, 15) is 8.78 Å². The van der Waals surface area contributed by atoms with Gasteiger partial charge in [-0.3, -0.25) is 4.90 Å². The zero-order valence-electron chi connectivity index (χ0n) is 8.69. The van der Waals surface area contributed by atoms with Crippen LogP contribution in [-0.2, 0) is 0 Å². The monoisotopic (exact) mass is 191 g/mol. The molecule has 0 saturated carbocycles. The number of nitrogens with zero attached hydrogens (tertiary/aromatic N) is 1. The molecule has 1 nitrogen and oxygen atoms in total. The number of halogens is 2. The molecular formula is C10H19F2N. The molecule has 0 N–H and O–H groups in total. The first-order valence-electron chi connectivity index (χ1n) is 5.10. The van der Waals surface area contributed by atoms with Crippen LogP contribution in [0.4, 0.5) is 8.78 Å². The third kappa shape index (κ3) is 2.63. The first-order chi connectivity index (χ1) is 5.96. The van der Waals surface area contributed by atoms with E-state index in [0.717, 1.165) is 6.42 Å². The second-order valence-corrected chi connectivity index (χ2v) is 4.20. The first kappa shape index (κ1) is 10.9. The lowest BCUT2D eigenvalue weighted by Crippen LogP contribution is -2.49. The van der Waals surface area contributed by atoms with Gasteiger partial charge in [0, 0.05) is 31.5 Å². The van der Waals surface area contributed by atoms with Crippen molar-refractivity contribution in [1.29, 1.82) is 0 Å². The van der Waals surface area contributed by atoms with Gasteiger partial charge < -0.3 is 0 Å². The summed E-state index contributed by atoms with van der Waals surface area (Å²) >= 11 is 0. The molecule has 1 atom stereocenters. The van der Waals surface area contributed by atoms with Crippen molar-refractivity contribution < 1.29 is 8.78 Å². The van der Waals surface area contributed by atoms with Gasteiger partial charge in [-0.05, 0) is 20.3 Å². The van der Waals surface area contributed by atoms with Crippen molar-refractivity contribution in [1.82, 2.24) is 4.90 Å². The maximum atomic E-state index is 13.1. The fraction of sp³-hybridized carbons (Fsp3) is 1.00. The summed E-state index contributed by atoms with van der Waals surface area (Å²) in [4.78, 5) is 2.19. The van der Waals surface area contributed by atoms with E-state index in [1.165, 1.54) is 0 Å². The molecule has 78 valence electrons. The van der Waals surface area contributed by atoms with Crippen molar-refractivity contribution in [2.45, 2.75) is 58.0 Å². The van der Waals surface area contributed by atoms with E-state index in [4.69, 9.17) is 0 Å². The molecule has 1 unspecified atom stereocenters. The number of alkyl halides is 2. The Bertz CT molecular complexity index is 168. The van der Waals surface area contributed by atoms with Gasteiger partial charge >= 0.3 is 0 Å². The van der Waals surface area contributed by atoms with Crippen molar-refractivity contribution in [3.63, 3.8) is 0 Å². The second-order valence-electron chi connectivity index (χ2n) is 4.20. The molecule has 1 aliphatic rings. The van der Waals surface area contributed by atoms with Crippen LogP contribution in [0.5, 0.6) is 0 Å². The Morgan fingerprint density at radius 1 is 1.46 bits per heavy atom. The summed E-state index contributed by atoms with van der Waals surface area (Å²) < 4.78 is 26.1. The van der Waals surface area contributed by atoms with Crippen LogP contribution in [0.25, 0.3) is 0 Å². The summed E-state index contributed by atoms with van der Waals surface area (Å²) in [6.07, 6.45) is 0.900. The van der Waals surface area contributed by atoms with E-state index in [1.807, 2.05) is 6.92 Å². The van der Waals surface area contributed by atoms with Gasteiger partial charge in [-0.1, -0.05) is 6.92 Å². The van der Waals surface area contributed by atoms with Crippen molar-refractivity contribution in [3.05, 3.63) is 0 Å². The normalized spacial score (nSPS) is 29.5. The minimum Gasteiger partial charge on any atom is -0.298 e. The summed E-state index contributed by atoms with van der Waals surface area (Å²) in [7, 11) is 0. The second kappa shape index (κ2) is 3.91. The lowest BCUT2D eigenvalue weighted by atomic mass is 9.95. The summed E-state index contributed by atoms with van der Waals surface area (Å²) in [5.74, 6) is -2.42. The van der Waals surface area contributed by atoms with E-state index >= 15 is 0 Å². The Labute approximate surface area is 79.1 Å². The van der Waals surface area contributed by atoms with E-state index in [0.29, 0.717) is 12.6 Å². The molecule has 1 saturated heterocycles. The van der Waals surface area contributed by atoms with E-state index < -0.39 is 5.92 Å². The predicted molar refractivity (Wildman–Crippen MR) is 50.1 cm³/mol. The van der Waals surface area contributed by atoms with Gasteiger partial charge in [-0.2, -0.15) is 0 Å². The Balaban J connectivity index is 2.61. The van der Waals surface area contributed by atoms with Crippen LogP contribution in [0.3, 0.4) is 0 Å². The van der Waals surface area contributed by atoms with Crippen LogP contribution in [0.2, 0.25) is 0 Å². The van der Waals surface area contributed by atoms with Gasteiger partial charge in [0.25, 0.3) is 5.92 Å². The van der Waals surface area contributed by atoms with Gasteiger partial charge in [0.2, 0.25) is 0 Å². The molecule has 0 aliphatic carbocycles. The molecule has 3 heteroatoms. The first-order valence-corrected chi connectivity index (χ1v) is 5.10. The standard InChI is InChI=1S/C10H19F2N/c1-4-9-7-10(11,12)5-6-13(9)8(2)3/h8-9H,4-7H2,1-3H3. The highest BCUT2D eigenvalue weighted by molar-refractivity contribution is 4.86. The molecule has 1 fully saturated rings. The van der Waals surface area contributed by atoms with Gasteiger partial charge in [-0.15, -0.1) is 0 Å². The molecule has 0 aromatic rings. The number of hydrogen-bond donors (Lipinski definition) is 0. The Hall–Kier alpha value is -0.180. The van der Waals surface area contributed by atoms with Crippen molar-refractivity contribution in [3.8, 4) is 0 Å². The van der Waals surface area contributed by atoms with Crippen LogP contribution >= 0.6 is 0 Å². The van der Waals surface area contributed by atoms with Crippen molar-refractivity contribution >= 4 is 0 Å². The lowest BCUT2D eigenvalue weighted by Gasteiger charge is -2.41. The van der Waals surface area contributed by atoms with Crippen molar-refractivity contribution in [2.24, 2.45) is 0 Å². The lowest BCUT2D eigenvalue weighted by molar-refractivity contribution is -0.0855. The van der Waals surface area contributed by atoms with Crippen LogP contribution in [0, 0.1) is 0 Å². The van der Waals surface area contributed by atoms with Crippen LogP contribution in [0.1, 0.15) is 40.0 Å². The largest absolute Gasteiger partial charge is 0.298 e. The highest BCUT2D eigenvalue weighted by atomic mass is 19.3. The fourth-order valence-electron chi connectivity index (χ4n) is 2.10. The summed E-state index contributed by atoms with van der Waals surface area (Å²) in [6.45, 7) is 6.68. The number of likely N-dealkylation sites (tertiary alicyclic amines) is 1. The topological polar surface area (TPSA) is 3.24 Å². The minimum absolute atomic E-state index is 0.0294. The van der Waals surface area contributed by atoms with Gasteiger partial charge in [0.15, 0.2) is 0 Å². The predicted octanol–water partition coefficient (Wildman–Crippen LogP) is 2.90. The van der Waals surface area contributed by atoms with Crippen LogP contribution < -0.4 is 0 Å². The number of piperidine rings is 1. The molecule has 0 spiro atoms. The zero-order valence-corrected chi connectivity index (χ0v) is 8.69. The molecule has 13 heavy (non-hydrogen) atoms. The average Bonchev–Trinajstić information content (AvgIpc) is 2.01.